The number of hydrogen-bond acceptors (Lipinski definition) is 1. The van der Waals surface area contributed by atoms with Crippen molar-refractivity contribution in [3.63, 3.8) is 0 Å². The van der Waals surface area contributed by atoms with Crippen molar-refractivity contribution in [3.05, 3.63) is 24.0 Å². The van der Waals surface area contributed by atoms with Crippen LogP contribution in [0, 0.1) is 5.41 Å². The molecule has 0 bridgehead atoms. The van der Waals surface area contributed by atoms with Crippen molar-refractivity contribution in [1.29, 1.82) is 0 Å². The Morgan fingerprint density at radius 2 is 2.06 bits per heavy atom. The fourth-order valence-corrected chi connectivity index (χ4v) is 3.61. The molecular weight excluding hydrogens is 208 g/mol. The van der Waals surface area contributed by atoms with Crippen LogP contribution in [-0.2, 0) is 0 Å². The Kier molecular flexibility index (Phi) is 2.78. The number of rotatable bonds is 2. The lowest BCUT2D eigenvalue weighted by Crippen LogP contribution is -2.56. The summed E-state index contributed by atoms with van der Waals surface area (Å²) in [6, 6.07) is 3.52. The van der Waals surface area contributed by atoms with Gasteiger partial charge in [0, 0.05) is 36.4 Å². The molecule has 1 N–H and O–H groups in total. The summed E-state index contributed by atoms with van der Waals surface area (Å²) in [7, 11) is 0. The molecule has 2 aliphatic rings. The van der Waals surface area contributed by atoms with Crippen LogP contribution < -0.4 is 5.32 Å². The lowest BCUT2D eigenvalue weighted by molar-refractivity contribution is 0.0360. The van der Waals surface area contributed by atoms with Gasteiger partial charge in [-0.3, -0.25) is 0 Å². The molecule has 2 fully saturated rings. The molecule has 0 amide bonds. The summed E-state index contributed by atoms with van der Waals surface area (Å²) in [5, 5.41) is 3.66. The molecule has 1 aromatic heterocycles. The standard InChI is InChI=1S/C15H24N2/c1-12(2)17-9-6-13(10-17)14-15(11-16-14)7-4-3-5-8-15/h6,9-10,12,14,16H,3-5,7-8,11H2,1-2H3/t14-/m0/s1. The summed E-state index contributed by atoms with van der Waals surface area (Å²) in [6.45, 7) is 5.73. The lowest BCUT2D eigenvalue weighted by atomic mass is 9.63. The number of nitrogens with zero attached hydrogens (tertiary/aromatic N) is 1. The zero-order valence-electron chi connectivity index (χ0n) is 11.1. The molecular formula is C15H24N2. The molecule has 2 heterocycles. The van der Waals surface area contributed by atoms with E-state index in [1.54, 1.807) is 0 Å². The highest BCUT2D eigenvalue weighted by atomic mass is 15.1. The Balaban J connectivity index is 1.79. The Labute approximate surface area is 104 Å². The molecule has 1 aliphatic heterocycles. The molecule has 94 valence electrons. The van der Waals surface area contributed by atoms with E-state index in [0.717, 1.165) is 0 Å². The smallest absolute Gasteiger partial charge is 0.0404 e. The summed E-state index contributed by atoms with van der Waals surface area (Å²) in [5.41, 5.74) is 2.10. The summed E-state index contributed by atoms with van der Waals surface area (Å²) in [6.07, 6.45) is 11.7. The van der Waals surface area contributed by atoms with E-state index < -0.39 is 0 Å². The van der Waals surface area contributed by atoms with Gasteiger partial charge >= 0.3 is 0 Å². The van der Waals surface area contributed by atoms with E-state index in [1.165, 1.54) is 44.2 Å². The molecule has 1 saturated carbocycles. The van der Waals surface area contributed by atoms with E-state index in [2.05, 4.69) is 42.2 Å². The third-order valence-corrected chi connectivity index (χ3v) is 4.79. The van der Waals surface area contributed by atoms with E-state index in [1.807, 2.05) is 0 Å². The van der Waals surface area contributed by atoms with Gasteiger partial charge in [-0.05, 0) is 38.3 Å². The van der Waals surface area contributed by atoms with Gasteiger partial charge in [-0.2, -0.15) is 0 Å². The first-order valence-corrected chi connectivity index (χ1v) is 7.12. The van der Waals surface area contributed by atoms with Crippen molar-refractivity contribution in [2.45, 2.75) is 58.0 Å². The predicted octanol–water partition coefficient (Wildman–Crippen LogP) is 3.66. The maximum Gasteiger partial charge on any atom is 0.0404 e. The first-order chi connectivity index (χ1) is 8.21. The Bertz CT molecular complexity index is 385. The summed E-state index contributed by atoms with van der Waals surface area (Å²) < 4.78 is 2.33. The van der Waals surface area contributed by atoms with E-state index in [4.69, 9.17) is 0 Å². The summed E-state index contributed by atoms with van der Waals surface area (Å²) in [4.78, 5) is 0. The predicted molar refractivity (Wildman–Crippen MR) is 71.1 cm³/mol. The fourth-order valence-electron chi connectivity index (χ4n) is 3.61. The van der Waals surface area contributed by atoms with Crippen LogP contribution in [0.2, 0.25) is 0 Å². The van der Waals surface area contributed by atoms with Crippen LogP contribution in [0.25, 0.3) is 0 Å². The third-order valence-electron chi connectivity index (χ3n) is 4.79. The molecule has 0 radical (unpaired) electrons. The van der Waals surface area contributed by atoms with Gasteiger partial charge < -0.3 is 9.88 Å². The largest absolute Gasteiger partial charge is 0.351 e. The average molecular weight is 232 g/mol. The average Bonchev–Trinajstić information content (AvgIpc) is 2.78. The normalized spacial score (nSPS) is 27.4. The van der Waals surface area contributed by atoms with Crippen LogP contribution in [0.15, 0.2) is 18.5 Å². The second-order valence-electron chi connectivity index (χ2n) is 6.22. The Morgan fingerprint density at radius 1 is 1.29 bits per heavy atom. The Morgan fingerprint density at radius 3 is 2.59 bits per heavy atom. The van der Waals surface area contributed by atoms with Crippen LogP contribution in [0.3, 0.4) is 0 Å². The van der Waals surface area contributed by atoms with E-state index in [9.17, 15) is 0 Å². The van der Waals surface area contributed by atoms with Gasteiger partial charge in [-0.1, -0.05) is 19.3 Å². The Hall–Kier alpha value is -0.760. The molecule has 0 aromatic carbocycles. The van der Waals surface area contributed by atoms with Crippen LogP contribution in [0.4, 0.5) is 0 Å². The third kappa shape index (κ3) is 1.83. The van der Waals surface area contributed by atoms with E-state index in [0.29, 0.717) is 17.5 Å². The van der Waals surface area contributed by atoms with Crippen molar-refractivity contribution in [2.75, 3.05) is 6.54 Å². The summed E-state index contributed by atoms with van der Waals surface area (Å²) in [5.74, 6) is 0. The van der Waals surface area contributed by atoms with Crippen molar-refractivity contribution in [3.8, 4) is 0 Å². The van der Waals surface area contributed by atoms with E-state index >= 15 is 0 Å². The highest BCUT2D eigenvalue weighted by molar-refractivity contribution is 5.23. The van der Waals surface area contributed by atoms with Gasteiger partial charge in [-0.15, -0.1) is 0 Å². The SMILES string of the molecule is CC(C)n1ccc([C@@H]2NCC23CCCCC3)c1. The zero-order valence-corrected chi connectivity index (χ0v) is 11.1. The van der Waals surface area contributed by atoms with Gasteiger partial charge in [0.2, 0.25) is 0 Å². The first-order valence-electron chi connectivity index (χ1n) is 7.12. The molecule has 2 nitrogen and oxygen atoms in total. The molecule has 1 saturated heterocycles. The van der Waals surface area contributed by atoms with Gasteiger partial charge in [0.15, 0.2) is 0 Å². The molecule has 17 heavy (non-hydrogen) atoms. The van der Waals surface area contributed by atoms with E-state index in [-0.39, 0.29) is 0 Å². The molecule has 3 rings (SSSR count). The number of aromatic nitrogens is 1. The first kappa shape index (κ1) is 11.3. The van der Waals surface area contributed by atoms with Crippen LogP contribution in [-0.4, -0.2) is 11.1 Å². The van der Waals surface area contributed by atoms with Crippen molar-refractivity contribution in [1.82, 2.24) is 9.88 Å². The minimum atomic E-state index is 0.575. The number of hydrogen-bond donors (Lipinski definition) is 1. The molecule has 2 heteroatoms. The fraction of sp³-hybridized carbons (Fsp3) is 0.733. The van der Waals surface area contributed by atoms with Crippen molar-refractivity contribution >= 4 is 0 Å². The summed E-state index contributed by atoms with van der Waals surface area (Å²) >= 11 is 0. The minimum absolute atomic E-state index is 0.575. The molecule has 1 spiro atoms. The van der Waals surface area contributed by atoms with Crippen molar-refractivity contribution < 1.29 is 0 Å². The monoisotopic (exact) mass is 232 g/mol. The quantitative estimate of drug-likeness (QED) is 0.823. The highest BCUT2D eigenvalue weighted by Crippen LogP contribution is 2.51. The molecule has 1 aliphatic carbocycles. The molecule has 0 unspecified atom stereocenters. The molecule has 1 aromatic rings. The van der Waals surface area contributed by atoms with Crippen molar-refractivity contribution in [2.24, 2.45) is 5.41 Å². The highest BCUT2D eigenvalue weighted by Gasteiger charge is 2.47. The van der Waals surface area contributed by atoms with Gasteiger partial charge in [0.1, 0.15) is 0 Å². The van der Waals surface area contributed by atoms with Gasteiger partial charge in [0.05, 0.1) is 0 Å². The topological polar surface area (TPSA) is 17.0 Å². The second kappa shape index (κ2) is 4.16. The number of nitrogens with one attached hydrogen (secondary N) is 1. The van der Waals surface area contributed by atoms with Gasteiger partial charge in [0.25, 0.3) is 0 Å². The van der Waals surface area contributed by atoms with Crippen LogP contribution in [0.5, 0.6) is 0 Å². The van der Waals surface area contributed by atoms with Gasteiger partial charge in [-0.25, -0.2) is 0 Å². The minimum Gasteiger partial charge on any atom is -0.351 e. The molecule has 1 atom stereocenters. The second-order valence-corrected chi connectivity index (χ2v) is 6.22. The van der Waals surface area contributed by atoms with Crippen LogP contribution >= 0.6 is 0 Å². The maximum atomic E-state index is 3.66. The maximum absolute atomic E-state index is 3.66. The lowest BCUT2D eigenvalue weighted by Gasteiger charge is -2.53. The zero-order chi connectivity index (χ0) is 11.9. The van der Waals surface area contributed by atoms with Crippen LogP contribution in [0.1, 0.15) is 63.6 Å².